The molecule has 3 aromatic heterocycles. The predicted octanol–water partition coefficient (Wildman–Crippen LogP) is 13.9. The summed E-state index contributed by atoms with van der Waals surface area (Å²) in [5, 5.41) is 2.35. The Labute approximate surface area is 393 Å². The van der Waals surface area contributed by atoms with Gasteiger partial charge in [0, 0.05) is 50.2 Å². The molecule has 8 heteroatoms. The van der Waals surface area contributed by atoms with Crippen LogP contribution < -0.4 is 4.90 Å². The van der Waals surface area contributed by atoms with Gasteiger partial charge < -0.3 is 9.47 Å². The van der Waals surface area contributed by atoms with Crippen LogP contribution in [0.15, 0.2) is 231 Å². The minimum Gasteiger partial charge on any atom is -0.307 e. The Morgan fingerprint density at radius 1 is 0.353 bits per heavy atom. The van der Waals surface area contributed by atoms with Crippen molar-refractivity contribution in [3.63, 3.8) is 0 Å². The van der Waals surface area contributed by atoms with Crippen LogP contribution in [0.2, 0.25) is 0 Å². The van der Waals surface area contributed by atoms with Crippen LogP contribution >= 0.6 is 0 Å². The Hall–Kier alpha value is -9.14. The van der Waals surface area contributed by atoms with E-state index in [-0.39, 0.29) is 12.0 Å². The van der Waals surface area contributed by atoms with Crippen LogP contribution in [-0.4, -0.2) is 40.5 Å². The van der Waals surface area contributed by atoms with Crippen molar-refractivity contribution in [2.24, 2.45) is 0 Å². The molecule has 1 aliphatic carbocycles. The molecule has 320 valence electrons. The van der Waals surface area contributed by atoms with E-state index >= 15 is 0 Å². The first-order valence-corrected chi connectivity index (χ1v) is 22.9. The molecule has 2 unspecified atom stereocenters. The fourth-order valence-electron chi connectivity index (χ4n) is 9.84. The van der Waals surface area contributed by atoms with Crippen molar-refractivity contribution in [3.8, 4) is 73.8 Å². The highest BCUT2D eigenvalue weighted by molar-refractivity contribution is 6.15. The first-order valence-electron chi connectivity index (χ1n) is 22.9. The van der Waals surface area contributed by atoms with Crippen LogP contribution in [0.3, 0.4) is 0 Å². The van der Waals surface area contributed by atoms with Crippen molar-refractivity contribution in [2.75, 3.05) is 4.90 Å². The molecule has 4 heterocycles. The number of anilines is 2. The molecule has 1 aliphatic heterocycles. The monoisotopic (exact) mass is 872 g/mol. The Balaban J connectivity index is 1.02. The van der Waals surface area contributed by atoms with Gasteiger partial charge in [0.2, 0.25) is 5.95 Å². The van der Waals surface area contributed by atoms with Gasteiger partial charge in [-0.25, -0.2) is 19.9 Å². The highest BCUT2D eigenvalue weighted by atomic mass is 15.3. The maximum absolute atomic E-state index is 5.48. The first-order chi connectivity index (χ1) is 33.7. The van der Waals surface area contributed by atoms with E-state index in [4.69, 9.17) is 29.9 Å². The van der Waals surface area contributed by atoms with E-state index in [0.29, 0.717) is 35.1 Å². The Bertz CT molecular complexity index is 3680. The Morgan fingerprint density at radius 2 is 0.824 bits per heavy atom. The number of hydrogen-bond donors (Lipinski definition) is 0. The van der Waals surface area contributed by atoms with E-state index in [0.717, 1.165) is 61.4 Å². The molecule has 0 radical (unpaired) electrons. The maximum atomic E-state index is 5.48. The number of hydrogen-bond acceptors (Lipinski definition) is 7. The molecule has 0 bridgehead atoms. The first kappa shape index (κ1) is 39.2. The summed E-state index contributed by atoms with van der Waals surface area (Å²) in [7, 11) is 0. The summed E-state index contributed by atoms with van der Waals surface area (Å²) in [6, 6.07) is 71.0. The molecule has 0 fully saturated rings. The molecular formula is C60H40N8. The van der Waals surface area contributed by atoms with Crippen molar-refractivity contribution in [1.29, 1.82) is 0 Å². The fraction of sp³-hybridized carbons (Fsp3) is 0.0333. The van der Waals surface area contributed by atoms with E-state index < -0.39 is 0 Å². The van der Waals surface area contributed by atoms with Crippen LogP contribution in [0.4, 0.5) is 11.6 Å². The minimum atomic E-state index is -0.0873. The lowest BCUT2D eigenvalue weighted by Gasteiger charge is -2.27. The number of benzene rings is 8. The van der Waals surface area contributed by atoms with Crippen LogP contribution in [0.1, 0.15) is 11.5 Å². The maximum Gasteiger partial charge on any atom is 0.234 e. The topological polar surface area (TPSA) is 85.5 Å². The van der Waals surface area contributed by atoms with Gasteiger partial charge in [0.1, 0.15) is 0 Å². The third-order valence-corrected chi connectivity index (χ3v) is 13.0. The lowest BCUT2D eigenvalue weighted by Crippen LogP contribution is -2.30. The number of nitrogens with zero attached hydrogens (tertiary/aromatic N) is 8. The molecular weight excluding hydrogens is 833 g/mol. The largest absolute Gasteiger partial charge is 0.307 e. The van der Waals surface area contributed by atoms with Gasteiger partial charge >= 0.3 is 0 Å². The van der Waals surface area contributed by atoms with Crippen molar-refractivity contribution in [2.45, 2.75) is 12.0 Å². The van der Waals surface area contributed by atoms with Crippen molar-refractivity contribution in [1.82, 2.24) is 34.5 Å². The number of allylic oxidation sites excluding steroid dienone is 2. The smallest absolute Gasteiger partial charge is 0.234 e. The molecule has 68 heavy (non-hydrogen) atoms. The molecule has 0 amide bonds. The van der Waals surface area contributed by atoms with E-state index in [9.17, 15) is 0 Å². The Morgan fingerprint density at radius 3 is 1.47 bits per heavy atom. The summed E-state index contributed by atoms with van der Waals surface area (Å²) >= 11 is 0. The molecule has 11 aromatic rings. The molecule has 0 saturated carbocycles. The van der Waals surface area contributed by atoms with Gasteiger partial charge in [0.25, 0.3) is 0 Å². The SMILES string of the molecule is C1=CC2c3ccc4c5ccccc5n(-c5ccccc5)c4c3N(c3nc(-c4ccc(-c5ccccc5)cc4)nc(-c4cccc(-c5nc(-c6ccccc6)nc(-c6ccccc6)n5)c4)n3)C2C=C1. The summed E-state index contributed by atoms with van der Waals surface area (Å²) in [5.74, 6) is 3.49. The molecule has 0 spiro atoms. The van der Waals surface area contributed by atoms with Crippen LogP contribution in [-0.2, 0) is 0 Å². The lowest BCUT2D eigenvalue weighted by atomic mass is 9.91. The summed E-state index contributed by atoms with van der Waals surface area (Å²) in [5.41, 5.74) is 12.2. The van der Waals surface area contributed by atoms with Gasteiger partial charge in [-0.2, -0.15) is 9.97 Å². The summed E-state index contributed by atoms with van der Waals surface area (Å²) in [4.78, 5) is 33.6. The van der Waals surface area contributed by atoms with E-state index in [1.165, 1.54) is 16.3 Å². The standard InChI is InChI=1S/C60H40N8/c1-5-18-39(19-6-1)40-32-34-43(35-33-40)57-64-59(45-25-17-24-44(38-45)58-62-55(41-20-7-2-8-21-41)61-56(63-58)42-22-9-3-10-23-42)66-60(65-57)68-52-31-16-14-29-48(52)50-37-36-49-47-28-13-15-30-51(47)67(53(49)54(50)68)46-26-11-4-12-27-46/h1-38,48,52H. The van der Waals surface area contributed by atoms with Gasteiger partial charge in [0.05, 0.1) is 22.8 Å². The van der Waals surface area contributed by atoms with Crippen LogP contribution in [0, 0.1) is 0 Å². The zero-order chi connectivity index (χ0) is 45.0. The third kappa shape index (κ3) is 6.77. The van der Waals surface area contributed by atoms with Gasteiger partial charge in [-0.3, -0.25) is 0 Å². The second-order valence-electron chi connectivity index (χ2n) is 17.1. The fourth-order valence-corrected chi connectivity index (χ4v) is 9.84. The van der Waals surface area contributed by atoms with E-state index in [2.05, 4.69) is 161 Å². The summed E-state index contributed by atoms with van der Waals surface area (Å²) in [6.07, 6.45) is 8.88. The number of para-hydroxylation sites is 2. The molecule has 0 N–H and O–H groups in total. The summed E-state index contributed by atoms with van der Waals surface area (Å²) < 4.78 is 2.40. The van der Waals surface area contributed by atoms with Crippen LogP contribution in [0.5, 0.6) is 0 Å². The van der Waals surface area contributed by atoms with Gasteiger partial charge in [-0.05, 0) is 41.0 Å². The highest BCUT2D eigenvalue weighted by Crippen LogP contribution is 2.52. The third-order valence-electron chi connectivity index (χ3n) is 13.0. The Kier molecular flexibility index (Phi) is 9.45. The number of fused-ring (bicyclic) bond motifs is 7. The van der Waals surface area contributed by atoms with Gasteiger partial charge in [0.15, 0.2) is 29.1 Å². The highest BCUT2D eigenvalue weighted by Gasteiger charge is 2.41. The molecule has 13 rings (SSSR count). The van der Waals surface area contributed by atoms with Crippen LogP contribution in [0.25, 0.3) is 95.6 Å². The zero-order valence-corrected chi connectivity index (χ0v) is 36.7. The molecule has 2 aliphatic rings. The molecule has 8 nitrogen and oxygen atoms in total. The average molecular weight is 873 g/mol. The van der Waals surface area contributed by atoms with Crippen molar-refractivity contribution < 1.29 is 0 Å². The van der Waals surface area contributed by atoms with E-state index in [1.807, 2.05) is 78.9 Å². The predicted molar refractivity (Wildman–Crippen MR) is 274 cm³/mol. The second-order valence-corrected chi connectivity index (χ2v) is 17.1. The van der Waals surface area contributed by atoms with Gasteiger partial charge in [-0.1, -0.05) is 206 Å². The van der Waals surface area contributed by atoms with Crippen molar-refractivity contribution in [3.05, 3.63) is 236 Å². The van der Waals surface area contributed by atoms with Gasteiger partial charge in [-0.15, -0.1) is 0 Å². The molecule has 8 aromatic carbocycles. The lowest BCUT2D eigenvalue weighted by molar-refractivity contribution is 0.728. The number of rotatable bonds is 8. The average Bonchev–Trinajstić information content (AvgIpc) is 3.95. The molecule has 2 atom stereocenters. The second kappa shape index (κ2) is 16.4. The molecule has 0 saturated heterocycles. The zero-order valence-electron chi connectivity index (χ0n) is 36.7. The van der Waals surface area contributed by atoms with E-state index in [1.54, 1.807) is 0 Å². The van der Waals surface area contributed by atoms with Crippen molar-refractivity contribution >= 4 is 33.4 Å². The normalized spacial score (nSPS) is 14.9. The minimum absolute atomic E-state index is 0.0697. The number of aromatic nitrogens is 7. The quantitative estimate of drug-likeness (QED) is 0.150. The summed E-state index contributed by atoms with van der Waals surface area (Å²) in [6.45, 7) is 0.